The van der Waals surface area contributed by atoms with Crippen LogP contribution in [0.4, 0.5) is 0 Å². The first-order valence-corrected chi connectivity index (χ1v) is 13.8. The van der Waals surface area contributed by atoms with Crippen molar-refractivity contribution in [3.05, 3.63) is 162 Å². The lowest BCUT2D eigenvalue weighted by molar-refractivity contribution is 0.0465. The number of pyridine rings is 1. The number of hydrogen-bond acceptors (Lipinski definition) is 5. The third-order valence-corrected chi connectivity index (χ3v) is 6.87. The molecule has 5 aromatic carbocycles. The fourth-order valence-corrected chi connectivity index (χ4v) is 4.71. The minimum absolute atomic E-state index is 0.140. The van der Waals surface area contributed by atoms with Crippen molar-refractivity contribution in [3.8, 4) is 22.6 Å². The molecule has 0 bridgehead atoms. The molecule has 5 heteroatoms. The largest absolute Gasteiger partial charge is 0.488 e. The van der Waals surface area contributed by atoms with Gasteiger partial charge >= 0.3 is 5.97 Å². The number of fused-ring (bicyclic) bond motifs is 1. The summed E-state index contributed by atoms with van der Waals surface area (Å²) >= 11 is 0. The van der Waals surface area contributed by atoms with Crippen LogP contribution in [0, 0.1) is 0 Å². The Labute approximate surface area is 245 Å². The van der Waals surface area contributed by atoms with Crippen LogP contribution in [0.1, 0.15) is 27.2 Å². The molecule has 0 aliphatic heterocycles. The van der Waals surface area contributed by atoms with Crippen molar-refractivity contribution in [1.82, 2.24) is 4.98 Å². The zero-order valence-corrected chi connectivity index (χ0v) is 23.0. The molecule has 0 saturated carbocycles. The van der Waals surface area contributed by atoms with E-state index in [-0.39, 0.29) is 12.3 Å². The van der Waals surface area contributed by atoms with Gasteiger partial charge in [-0.15, -0.1) is 0 Å². The first-order chi connectivity index (χ1) is 20.7. The first kappa shape index (κ1) is 26.8. The summed E-state index contributed by atoms with van der Waals surface area (Å²) < 4.78 is 18.5. The van der Waals surface area contributed by atoms with Crippen LogP contribution in [0.3, 0.4) is 0 Å². The number of ether oxygens (including phenoxy) is 3. The number of benzene rings is 5. The number of esters is 1. The Balaban J connectivity index is 1.44. The zero-order chi connectivity index (χ0) is 28.6. The van der Waals surface area contributed by atoms with Crippen molar-refractivity contribution in [2.45, 2.75) is 19.8 Å². The summed E-state index contributed by atoms with van der Waals surface area (Å²) in [5.74, 6) is 0.564. The van der Waals surface area contributed by atoms with Gasteiger partial charge in [0, 0.05) is 17.0 Å². The summed E-state index contributed by atoms with van der Waals surface area (Å²) in [5, 5.41) is 0.744. The minimum Gasteiger partial charge on any atom is -0.488 e. The van der Waals surface area contributed by atoms with Gasteiger partial charge in [-0.2, -0.15) is 0 Å². The lowest BCUT2D eigenvalue weighted by atomic mass is 10.0. The molecule has 0 atom stereocenters. The molecular formula is C37H29NO4. The highest BCUT2D eigenvalue weighted by Crippen LogP contribution is 2.40. The smallest absolute Gasteiger partial charge is 0.357 e. The molecule has 0 saturated heterocycles. The van der Waals surface area contributed by atoms with Crippen LogP contribution in [-0.4, -0.2) is 11.0 Å². The molecule has 0 unspecified atom stereocenters. The van der Waals surface area contributed by atoms with Crippen molar-refractivity contribution >= 4 is 16.9 Å². The number of aromatic nitrogens is 1. The van der Waals surface area contributed by atoms with Crippen molar-refractivity contribution < 1.29 is 19.0 Å². The topological polar surface area (TPSA) is 57.7 Å². The minimum atomic E-state index is -0.538. The molecule has 5 nitrogen and oxygen atoms in total. The molecule has 0 spiro atoms. The molecule has 0 N–H and O–H groups in total. The van der Waals surface area contributed by atoms with Crippen molar-refractivity contribution in [2.24, 2.45) is 0 Å². The molecule has 206 valence electrons. The lowest BCUT2D eigenvalue weighted by Gasteiger charge is -2.17. The quantitative estimate of drug-likeness (QED) is 0.160. The SMILES string of the molecule is O=C(OCc1ccccc1)c1cc(OCc2ccccc2)c2ccc(-c3ccccc3)c(OCc3ccccc3)c2n1. The average Bonchev–Trinajstić information content (AvgIpc) is 3.06. The Morgan fingerprint density at radius 1 is 0.571 bits per heavy atom. The molecule has 0 fully saturated rings. The Hall–Kier alpha value is -5.42. The molecule has 6 aromatic rings. The lowest BCUT2D eigenvalue weighted by Crippen LogP contribution is -2.09. The second kappa shape index (κ2) is 12.8. The van der Waals surface area contributed by atoms with E-state index in [1.807, 2.05) is 133 Å². The van der Waals surface area contributed by atoms with Gasteiger partial charge in [0.2, 0.25) is 0 Å². The predicted molar refractivity (Wildman–Crippen MR) is 164 cm³/mol. The highest BCUT2D eigenvalue weighted by atomic mass is 16.5. The molecule has 0 radical (unpaired) electrons. The summed E-state index contributed by atoms with van der Waals surface area (Å²) in [6.07, 6.45) is 0. The zero-order valence-electron chi connectivity index (χ0n) is 23.0. The normalized spacial score (nSPS) is 10.8. The summed E-state index contributed by atoms with van der Waals surface area (Å²) in [7, 11) is 0. The van der Waals surface area contributed by atoms with Crippen molar-refractivity contribution in [1.29, 1.82) is 0 Å². The van der Waals surface area contributed by atoms with Gasteiger partial charge in [-0.05, 0) is 34.4 Å². The van der Waals surface area contributed by atoms with E-state index in [9.17, 15) is 4.79 Å². The maximum atomic E-state index is 13.4. The van der Waals surface area contributed by atoms with E-state index in [4.69, 9.17) is 19.2 Å². The first-order valence-electron chi connectivity index (χ1n) is 13.8. The van der Waals surface area contributed by atoms with Crippen LogP contribution in [0.2, 0.25) is 0 Å². The van der Waals surface area contributed by atoms with E-state index in [2.05, 4.69) is 0 Å². The Morgan fingerprint density at radius 2 is 1.10 bits per heavy atom. The van der Waals surface area contributed by atoms with Gasteiger partial charge in [-0.25, -0.2) is 9.78 Å². The van der Waals surface area contributed by atoms with Crippen molar-refractivity contribution in [3.63, 3.8) is 0 Å². The highest BCUT2D eigenvalue weighted by molar-refractivity contribution is 5.99. The number of hydrogen-bond donors (Lipinski definition) is 0. The number of carbonyl (C=O) groups is 1. The van der Waals surface area contributed by atoms with Crippen molar-refractivity contribution in [2.75, 3.05) is 0 Å². The predicted octanol–water partition coefficient (Wildman–Crippen LogP) is 8.42. The molecule has 0 aliphatic rings. The fourth-order valence-electron chi connectivity index (χ4n) is 4.71. The molecule has 0 aliphatic carbocycles. The Kier molecular flexibility index (Phi) is 8.18. The summed E-state index contributed by atoms with van der Waals surface area (Å²) in [6, 6.07) is 45.1. The number of carbonyl (C=O) groups excluding carboxylic acids is 1. The highest BCUT2D eigenvalue weighted by Gasteiger charge is 2.20. The molecular weight excluding hydrogens is 522 g/mol. The second-order valence-electron chi connectivity index (χ2n) is 9.82. The molecule has 42 heavy (non-hydrogen) atoms. The molecule has 0 amide bonds. The summed E-state index contributed by atoms with van der Waals surface area (Å²) in [5.41, 5.74) is 5.46. The molecule has 6 rings (SSSR count). The van der Waals surface area contributed by atoms with Gasteiger partial charge < -0.3 is 14.2 Å². The van der Waals surface area contributed by atoms with Gasteiger partial charge in [-0.3, -0.25) is 0 Å². The van der Waals surface area contributed by atoms with Crippen LogP contribution in [-0.2, 0) is 24.6 Å². The number of rotatable bonds is 10. The van der Waals surface area contributed by atoms with E-state index in [1.54, 1.807) is 6.07 Å². The Morgan fingerprint density at radius 3 is 1.69 bits per heavy atom. The summed E-state index contributed by atoms with van der Waals surface area (Å²) in [6.45, 7) is 0.810. The van der Waals surface area contributed by atoms with Gasteiger partial charge in [-0.1, -0.05) is 121 Å². The third kappa shape index (κ3) is 6.31. The maximum absolute atomic E-state index is 13.4. The van der Waals surface area contributed by atoms with Crippen LogP contribution in [0.5, 0.6) is 11.5 Å². The molecule has 1 aromatic heterocycles. The fraction of sp³-hybridized carbons (Fsp3) is 0.0811. The molecule has 1 heterocycles. The van der Waals surface area contributed by atoms with E-state index in [0.29, 0.717) is 30.2 Å². The number of nitrogens with zero attached hydrogens (tertiary/aromatic N) is 1. The van der Waals surface area contributed by atoms with Gasteiger partial charge in [0.1, 0.15) is 31.1 Å². The Bertz CT molecular complexity index is 1770. The third-order valence-electron chi connectivity index (χ3n) is 6.87. The van der Waals surface area contributed by atoms with Crippen LogP contribution in [0.25, 0.3) is 22.0 Å². The maximum Gasteiger partial charge on any atom is 0.357 e. The average molecular weight is 552 g/mol. The van der Waals surface area contributed by atoms with E-state index < -0.39 is 5.97 Å². The van der Waals surface area contributed by atoms with Gasteiger partial charge in [0.15, 0.2) is 11.4 Å². The van der Waals surface area contributed by atoms with Gasteiger partial charge in [0.05, 0.1) is 0 Å². The standard InChI is InChI=1S/C37H29NO4/c39-37(42-26-29-17-9-3-10-18-29)33-23-34(40-24-27-13-5-1-6-14-27)32-22-21-31(30-19-11-4-12-20-30)36(35(32)38-33)41-25-28-15-7-2-8-16-28/h1-23H,24-26H2. The van der Waals surface area contributed by atoms with E-state index in [1.165, 1.54) is 0 Å². The summed E-state index contributed by atoms with van der Waals surface area (Å²) in [4.78, 5) is 18.2. The van der Waals surface area contributed by atoms with Gasteiger partial charge in [0.25, 0.3) is 0 Å². The van der Waals surface area contributed by atoms with E-state index >= 15 is 0 Å². The van der Waals surface area contributed by atoms with Crippen LogP contribution < -0.4 is 9.47 Å². The van der Waals surface area contributed by atoms with Crippen LogP contribution >= 0.6 is 0 Å². The van der Waals surface area contributed by atoms with Crippen LogP contribution in [0.15, 0.2) is 140 Å². The second-order valence-corrected chi connectivity index (χ2v) is 9.82. The monoisotopic (exact) mass is 551 g/mol. The van der Waals surface area contributed by atoms with E-state index in [0.717, 1.165) is 33.2 Å².